The molecule has 146 valence electrons. The predicted octanol–water partition coefficient (Wildman–Crippen LogP) is 4.95. The third-order valence-corrected chi connectivity index (χ3v) is 5.17. The van der Waals surface area contributed by atoms with Crippen molar-refractivity contribution in [2.24, 2.45) is 0 Å². The number of hydrogen-bond donors (Lipinski definition) is 3. The third kappa shape index (κ3) is 3.46. The monoisotopic (exact) mass is 406 g/mol. The Labute approximate surface area is 171 Å². The van der Waals surface area contributed by atoms with Crippen molar-refractivity contribution >= 4 is 45.2 Å². The maximum Gasteiger partial charge on any atom is 0.205 e. The summed E-state index contributed by atoms with van der Waals surface area (Å²) in [5.74, 6) is 0.662. The van der Waals surface area contributed by atoms with Gasteiger partial charge in [-0.15, -0.1) is 0 Å². The summed E-state index contributed by atoms with van der Waals surface area (Å²) in [5, 5.41) is 9.37. The lowest BCUT2D eigenvalue weighted by Crippen LogP contribution is -2.03. The van der Waals surface area contributed by atoms with Gasteiger partial charge in [0.15, 0.2) is 0 Å². The lowest BCUT2D eigenvalue weighted by atomic mass is 10.1. The Morgan fingerprint density at radius 1 is 1.14 bits per heavy atom. The summed E-state index contributed by atoms with van der Waals surface area (Å²) >= 11 is 6.36. The van der Waals surface area contributed by atoms with Crippen LogP contribution < -0.4 is 5.32 Å². The largest absolute Gasteiger partial charge is 0.383 e. The molecule has 2 aromatic carbocycles. The average molecular weight is 407 g/mol. The molecule has 0 amide bonds. The number of methoxy groups -OCH3 is 1. The van der Waals surface area contributed by atoms with Gasteiger partial charge in [0.2, 0.25) is 5.95 Å². The van der Waals surface area contributed by atoms with Gasteiger partial charge in [-0.25, -0.2) is 4.98 Å². The summed E-state index contributed by atoms with van der Waals surface area (Å²) in [6.07, 6.45) is 5.75. The summed E-state index contributed by atoms with van der Waals surface area (Å²) in [6, 6.07) is 12.0. The lowest BCUT2D eigenvalue weighted by Gasteiger charge is -2.04. The maximum atomic E-state index is 6.36. The number of rotatable bonds is 6. The standard InChI is InChI=1S/C21H19ClN6O/c1-29-7-6-28-12-14(11-24-28)13-2-3-18-20(8-13)27-21(26-18)25-15-9-17(22)16-4-5-23-19(16)10-15/h2-5,8-12,23H,6-7H2,1H3,(H2,25,26,27). The molecule has 5 rings (SSSR count). The smallest absolute Gasteiger partial charge is 0.205 e. The number of fused-ring (bicyclic) bond motifs is 2. The van der Waals surface area contributed by atoms with Crippen LogP contribution in [0.3, 0.4) is 0 Å². The number of halogens is 1. The van der Waals surface area contributed by atoms with Gasteiger partial charge in [0.25, 0.3) is 0 Å². The number of H-pyrrole nitrogens is 2. The summed E-state index contributed by atoms with van der Waals surface area (Å²) in [4.78, 5) is 11.1. The van der Waals surface area contributed by atoms with Crippen molar-refractivity contribution < 1.29 is 4.74 Å². The fourth-order valence-corrected chi connectivity index (χ4v) is 3.68. The fraction of sp³-hybridized carbons (Fsp3) is 0.143. The number of aromatic amines is 2. The van der Waals surface area contributed by atoms with Crippen LogP contribution in [-0.4, -0.2) is 38.4 Å². The Bertz CT molecular complexity index is 1300. The van der Waals surface area contributed by atoms with Gasteiger partial charge >= 0.3 is 0 Å². The van der Waals surface area contributed by atoms with E-state index in [0.717, 1.165) is 45.3 Å². The highest BCUT2D eigenvalue weighted by Gasteiger charge is 2.09. The van der Waals surface area contributed by atoms with E-state index in [1.807, 2.05) is 53.6 Å². The van der Waals surface area contributed by atoms with Gasteiger partial charge in [-0.05, 0) is 35.9 Å². The number of hydrogen-bond acceptors (Lipinski definition) is 4. The van der Waals surface area contributed by atoms with Crippen LogP contribution in [0.5, 0.6) is 0 Å². The van der Waals surface area contributed by atoms with Gasteiger partial charge in [0.1, 0.15) is 0 Å². The molecule has 0 bridgehead atoms. The minimum atomic E-state index is 0.633. The number of imidazole rings is 1. The van der Waals surface area contributed by atoms with Crippen LogP contribution in [0.2, 0.25) is 5.02 Å². The molecule has 0 aliphatic rings. The van der Waals surface area contributed by atoms with E-state index in [0.29, 0.717) is 17.6 Å². The number of nitrogens with one attached hydrogen (secondary N) is 3. The first-order valence-electron chi connectivity index (χ1n) is 9.25. The van der Waals surface area contributed by atoms with E-state index in [9.17, 15) is 0 Å². The number of aromatic nitrogens is 5. The van der Waals surface area contributed by atoms with Gasteiger partial charge < -0.3 is 20.0 Å². The third-order valence-electron chi connectivity index (χ3n) is 4.85. The van der Waals surface area contributed by atoms with E-state index in [-0.39, 0.29) is 0 Å². The van der Waals surface area contributed by atoms with E-state index in [1.54, 1.807) is 7.11 Å². The SMILES string of the molecule is COCCn1cc(-c2ccc3nc(Nc4cc(Cl)c5cc[nH]c5c4)[nH]c3c2)cn1. The Morgan fingerprint density at radius 2 is 2.07 bits per heavy atom. The highest BCUT2D eigenvalue weighted by molar-refractivity contribution is 6.35. The van der Waals surface area contributed by atoms with Crippen LogP contribution in [0.25, 0.3) is 33.1 Å². The van der Waals surface area contributed by atoms with Crippen molar-refractivity contribution in [3.05, 3.63) is 60.0 Å². The molecule has 0 aliphatic carbocycles. The van der Waals surface area contributed by atoms with E-state index in [4.69, 9.17) is 16.3 Å². The summed E-state index contributed by atoms with van der Waals surface area (Å²) in [7, 11) is 1.69. The van der Waals surface area contributed by atoms with Crippen molar-refractivity contribution in [3.63, 3.8) is 0 Å². The number of nitrogens with zero attached hydrogens (tertiary/aromatic N) is 3. The molecule has 29 heavy (non-hydrogen) atoms. The van der Waals surface area contributed by atoms with Crippen molar-refractivity contribution in [1.29, 1.82) is 0 Å². The summed E-state index contributed by atoms with van der Waals surface area (Å²) < 4.78 is 6.98. The highest BCUT2D eigenvalue weighted by atomic mass is 35.5. The minimum Gasteiger partial charge on any atom is -0.383 e. The van der Waals surface area contributed by atoms with Crippen molar-refractivity contribution in [3.8, 4) is 11.1 Å². The van der Waals surface area contributed by atoms with Crippen LogP contribution >= 0.6 is 11.6 Å². The van der Waals surface area contributed by atoms with Gasteiger partial charge in [0.05, 0.1) is 35.4 Å². The van der Waals surface area contributed by atoms with Crippen molar-refractivity contribution in [1.82, 2.24) is 24.7 Å². The molecule has 7 nitrogen and oxygen atoms in total. The van der Waals surface area contributed by atoms with E-state index < -0.39 is 0 Å². The first-order chi connectivity index (χ1) is 14.2. The maximum absolute atomic E-state index is 6.36. The molecule has 5 aromatic rings. The highest BCUT2D eigenvalue weighted by Crippen LogP contribution is 2.29. The Balaban J connectivity index is 1.42. The molecule has 0 saturated carbocycles. The Kier molecular flexibility index (Phi) is 4.46. The molecule has 8 heteroatoms. The second-order valence-corrected chi connectivity index (χ2v) is 7.23. The first kappa shape index (κ1) is 17.8. The van der Waals surface area contributed by atoms with Crippen LogP contribution in [0, 0.1) is 0 Å². The normalized spacial score (nSPS) is 11.5. The molecule has 3 N–H and O–H groups in total. The van der Waals surface area contributed by atoms with Gasteiger partial charge in [-0.1, -0.05) is 17.7 Å². The molecule has 0 atom stereocenters. The van der Waals surface area contributed by atoms with Crippen molar-refractivity contribution in [2.75, 3.05) is 19.0 Å². The minimum absolute atomic E-state index is 0.633. The predicted molar refractivity (Wildman–Crippen MR) is 116 cm³/mol. The number of anilines is 2. The second-order valence-electron chi connectivity index (χ2n) is 6.82. The first-order valence-corrected chi connectivity index (χ1v) is 9.62. The quantitative estimate of drug-likeness (QED) is 0.372. The number of ether oxygens (including phenoxy) is 1. The molecule has 3 heterocycles. The van der Waals surface area contributed by atoms with Crippen LogP contribution in [0.4, 0.5) is 11.6 Å². The zero-order valence-corrected chi connectivity index (χ0v) is 16.5. The van der Waals surface area contributed by atoms with Crippen molar-refractivity contribution in [2.45, 2.75) is 6.54 Å². The average Bonchev–Trinajstić information content (AvgIpc) is 3.44. The topological polar surface area (TPSA) is 83.5 Å². The zero-order chi connectivity index (χ0) is 19.8. The van der Waals surface area contributed by atoms with Gasteiger partial charge in [-0.2, -0.15) is 5.10 Å². The molecule has 0 unspecified atom stereocenters. The molecule has 0 saturated heterocycles. The van der Waals surface area contributed by atoms with Crippen LogP contribution in [0.15, 0.2) is 55.0 Å². The zero-order valence-electron chi connectivity index (χ0n) is 15.7. The van der Waals surface area contributed by atoms with E-state index in [2.05, 4.69) is 31.4 Å². The molecular weight excluding hydrogens is 388 g/mol. The van der Waals surface area contributed by atoms with Crippen LogP contribution in [0.1, 0.15) is 0 Å². The van der Waals surface area contributed by atoms with Gasteiger partial charge in [-0.3, -0.25) is 4.68 Å². The van der Waals surface area contributed by atoms with Gasteiger partial charge in [0, 0.05) is 41.7 Å². The molecule has 0 radical (unpaired) electrons. The fourth-order valence-electron chi connectivity index (χ4n) is 3.40. The van der Waals surface area contributed by atoms with E-state index in [1.165, 1.54) is 0 Å². The number of benzene rings is 2. The second kappa shape index (κ2) is 7.27. The Morgan fingerprint density at radius 3 is 2.97 bits per heavy atom. The van der Waals surface area contributed by atoms with E-state index >= 15 is 0 Å². The summed E-state index contributed by atoms with van der Waals surface area (Å²) in [6.45, 7) is 1.36. The van der Waals surface area contributed by atoms with Crippen LogP contribution in [-0.2, 0) is 11.3 Å². The summed E-state index contributed by atoms with van der Waals surface area (Å²) in [5.41, 5.74) is 5.80. The molecule has 0 aliphatic heterocycles. The Hall–Kier alpha value is -3.29. The lowest BCUT2D eigenvalue weighted by molar-refractivity contribution is 0.183. The molecule has 0 fully saturated rings. The molecule has 3 aromatic heterocycles. The molecular formula is C21H19ClN6O. The molecule has 0 spiro atoms.